The zero-order chi connectivity index (χ0) is 10.8. The average molecular weight is 224 g/mol. The summed E-state index contributed by atoms with van der Waals surface area (Å²) in [7, 11) is 1.79. The fourth-order valence-corrected chi connectivity index (χ4v) is 1.50. The molecule has 0 atom stereocenters. The topological polar surface area (TPSA) is 69.6 Å². The Balaban J connectivity index is 2.33. The number of nitrogen functional groups attached to an aromatic ring is 1. The van der Waals surface area contributed by atoms with Crippen molar-refractivity contribution in [2.45, 2.75) is 6.42 Å². The second-order valence-corrected chi connectivity index (χ2v) is 3.62. The Morgan fingerprint density at radius 3 is 2.93 bits per heavy atom. The van der Waals surface area contributed by atoms with Crippen LogP contribution in [0, 0.1) is 0 Å². The van der Waals surface area contributed by atoms with E-state index in [1.54, 1.807) is 17.8 Å². The van der Waals surface area contributed by atoms with Gasteiger partial charge < -0.3 is 5.73 Å². The summed E-state index contributed by atoms with van der Waals surface area (Å²) in [6.45, 7) is 0. The summed E-state index contributed by atoms with van der Waals surface area (Å²) < 4.78 is 1.61. The Labute approximate surface area is 91.8 Å². The molecule has 0 aliphatic carbocycles. The van der Waals surface area contributed by atoms with Crippen LogP contribution in [0.25, 0.3) is 0 Å². The molecule has 0 bridgehead atoms. The quantitative estimate of drug-likeness (QED) is 0.773. The first-order valence-corrected chi connectivity index (χ1v) is 4.80. The van der Waals surface area contributed by atoms with E-state index < -0.39 is 0 Å². The van der Waals surface area contributed by atoms with E-state index >= 15 is 0 Å². The number of aryl methyl sites for hydroxylation is 1. The molecule has 0 radical (unpaired) electrons. The monoisotopic (exact) mass is 223 g/mol. The number of nitrogens with zero attached hydrogens (tertiary/aromatic N) is 4. The van der Waals surface area contributed by atoms with Crippen LogP contribution in [-0.4, -0.2) is 20.2 Å². The molecule has 1 aromatic carbocycles. The van der Waals surface area contributed by atoms with Crippen LogP contribution in [0.3, 0.4) is 0 Å². The van der Waals surface area contributed by atoms with Gasteiger partial charge in [0.2, 0.25) is 0 Å². The summed E-state index contributed by atoms with van der Waals surface area (Å²) in [4.78, 5) is 0. The third-order valence-corrected chi connectivity index (χ3v) is 2.53. The number of aromatic nitrogens is 4. The molecule has 1 aromatic heterocycles. The van der Waals surface area contributed by atoms with Gasteiger partial charge in [0.25, 0.3) is 0 Å². The Hall–Kier alpha value is -1.62. The minimum Gasteiger partial charge on any atom is -0.397 e. The molecule has 0 amide bonds. The average Bonchev–Trinajstić information content (AvgIpc) is 2.60. The van der Waals surface area contributed by atoms with E-state index in [-0.39, 0.29) is 0 Å². The second-order valence-electron chi connectivity index (χ2n) is 3.21. The molecule has 5 nitrogen and oxygen atoms in total. The van der Waals surface area contributed by atoms with Crippen molar-refractivity contribution in [2.75, 3.05) is 5.73 Å². The van der Waals surface area contributed by atoms with Crippen LogP contribution < -0.4 is 5.73 Å². The molecule has 0 aliphatic heterocycles. The maximum atomic E-state index is 5.91. The van der Waals surface area contributed by atoms with Crippen LogP contribution in [-0.2, 0) is 13.5 Å². The number of tetrazole rings is 1. The Kier molecular flexibility index (Phi) is 2.55. The van der Waals surface area contributed by atoms with E-state index in [2.05, 4.69) is 15.5 Å². The van der Waals surface area contributed by atoms with Crippen molar-refractivity contribution in [3.63, 3.8) is 0 Å². The Bertz CT molecular complexity index is 479. The molecule has 0 unspecified atom stereocenters. The van der Waals surface area contributed by atoms with Gasteiger partial charge in [0, 0.05) is 13.5 Å². The van der Waals surface area contributed by atoms with Crippen LogP contribution in [0.1, 0.15) is 11.4 Å². The molecule has 0 saturated heterocycles. The van der Waals surface area contributed by atoms with Gasteiger partial charge in [0.1, 0.15) is 0 Å². The van der Waals surface area contributed by atoms with E-state index in [0.717, 1.165) is 11.4 Å². The van der Waals surface area contributed by atoms with E-state index in [0.29, 0.717) is 17.1 Å². The Morgan fingerprint density at radius 1 is 1.47 bits per heavy atom. The zero-order valence-corrected chi connectivity index (χ0v) is 8.94. The van der Waals surface area contributed by atoms with Crippen LogP contribution in [0.5, 0.6) is 0 Å². The number of benzene rings is 1. The normalized spacial score (nSPS) is 10.5. The minimum atomic E-state index is 0.558. The van der Waals surface area contributed by atoms with Gasteiger partial charge >= 0.3 is 0 Å². The van der Waals surface area contributed by atoms with Crippen molar-refractivity contribution in [1.82, 2.24) is 20.2 Å². The summed E-state index contributed by atoms with van der Waals surface area (Å²) in [6.07, 6.45) is 0.579. The molecule has 0 spiro atoms. The molecule has 0 aliphatic rings. The molecule has 0 fully saturated rings. The summed E-state index contributed by atoms with van der Waals surface area (Å²) in [6, 6.07) is 5.53. The molecule has 6 heteroatoms. The number of para-hydroxylation sites is 1. The number of halogens is 1. The van der Waals surface area contributed by atoms with Gasteiger partial charge in [0.05, 0.1) is 10.7 Å². The fourth-order valence-electron chi connectivity index (χ4n) is 1.30. The third kappa shape index (κ3) is 1.92. The fraction of sp³-hybridized carbons (Fsp3) is 0.222. The van der Waals surface area contributed by atoms with Crippen LogP contribution in [0.15, 0.2) is 18.2 Å². The van der Waals surface area contributed by atoms with Gasteiger partial charge in [-0.3, -0.25) is 0 Å². The standard InChI is InChI=1S/C9H10ClN5/c1-15-8(12-13-14-15)5-6-3-2-4-7(10)9(6)11/h2-4H,5,11H2,1H3. The predicted octanol–water partition coefficient (Wildman–Crippen LogP) is 1.04. The van der Waals surface area contributed by atoms with Gasteiger partial charge in [-0.1, -0.05) is 23.7 Å². The lowest BCUT2D eigenvalue weighted by Gasteiger charge is -2.05. The van der Waals surface area contributed by atoms with Gasteiger partial charge in [-0.2, -0.15) is 0 Å². The number of rotatable bonds is 2. The van der Waals surface area contributed by atoms with E-state index in [4.69, 9.17) is 17.3 Å². The van der Waals surface area contributed by atoms with E-state index in [9.17, 15) is 0 Å². The van der Waals surface area contributed by atoms with Gasteiger partial charge in [-0.15, -0.1) is 5.10 Å². The van der Waals surface area contributed by atoms with Crippen LogP contribution in [0.4, 0.5) is 5.69 Å². The zero-order valence-electron chi connectivity index (χ0n) is 8.18. The SMILES string of the molecule is Cn1nnnc1Cc1cccc(Cl)c1N. The summed E-state index contributed by atoms with van der Waals surface area (Å²) >= 11 is 5.91. The van der Waals surface area contributed by atoms with Crippen molar-refractivity contribution in [2.24, 2.45) is 7.05 Å². The maximum absolute atomic E-state index is 5.91. The number of hydrogen-bond acceptors (Lipinski definition) is 4. The van der Waals surface area contributed by atoms with E-state index in [1.807, 2.05) is 12.1 Å². The highest BCUT2D eigenvalue weighted by Crippen LogP contribution is 2.23. The largest absolute Gasteiger partial charge is 0.397 e. The summed E-state index contributed by atoms with van der Waals surface area (Å²) in [5, 5.41) is 11.7. The van der Waals surface area contributed by atoms with Crippen molar-refractivity contribution < 1.29 is 0 Å². The highest BCUT2D eigenvalue weighted by Gasteiger charge is 2.08. The predicted molar refractivity (Wildman–Crippen MR) is 57.5 cm³/mol. The van der Waals surface area contributed by atoms with Gasteiger partial charge in [0.15, 0.2) is 5.82 Å². The van der Waals surface area contributed by atoms with Crippen molar-refractivity contribution in [1.29, 1.82) is 0 Å². The van der Waals surface area contributed by atoms with Crippen LogP contribution in [0.2, 0.25) is 5.02 Å². The van der Waals surface area contributed by atoms with Crippen molar-refractivity contribution in [3.05, 3.63) is 34.6 Å². The minimum absolute atomic E-state index is 0.558. The highest BCUT2D eigenvalue weighted by atomic mass is 35.5. The lowest BCUT2D eigenvalue weighted by atomic mass is 10.1. The molecule has 2 rings (SSSR count). The summed E-state index contributed by atoms with van der Waals surface area (Å²) in [5.41, 5.74) is 7.36. The first-order valence-electron chi connectivity index (χ1n) is 4.42. The van der Waals surface area contributed by atoms with E-state index in [1.165, 1.54) is 0 Å². The van der Waals surface area contributed by atoms with Gasteiger partial charge in [-0.05, 0) is 22.1 Å². The second kappa shape index (κ2) is 3.86. The van der Waals surface area contributed by atoms with Crippen molar-refractivity contribution in [3.8, 4) is 0 Å². The number of anilines is 1. The molecule has 2 aromatic rings. The molecule has 1 heterocycles. The lowest BCUT2D eigenvalue weighted by Crippen LogP contribution is -2.03. The maximum Gasteiger partial charge on any atom is 0.155 e. The third-order valence-electron chi connectivity index (χ3n) is 2.20. The molecular formula is C9H10ClN5. The van der Waals surface area contributed by atoms with Gasteiger partial charge in [-0.25, -0.2) is 4.68 Å². The highest BCUT2D eigenvalue weighted by molar-refractivity contribution is 6.33. The molecule has 0 saturated carbocycles. The number of hydrogen-bond donors (Lipinski definition) is 1. The smallest absolute Gasteiger partial charge is 0.155 e. The molecular weight excluding hydrogens is 214 g/mol. The Morgan fingerprint density at radius 2 is 2.27 bits per heavy atom. The molecule has 15 heavy (non-hydrogen) atoms. The van der Waals surface area contributed by atoms with Crippen molar-refractivity contribution >= 4 is 17.3 Å². The van der Waals surface area contributed by atoms with Crippen LogP contribution >= 0.6 is 11.6 Å². The number of nitrogens with two attached hydrogens (primary N) is 1. The lowest BCUT2D eigenvalue weighted by molar-refractivity contribution is 0.686. The first-order chi connectivity index (χ1) is 7.18. The summed E-state index contributed by atoms with van der Waals surface area (Å²) in [5.74, 6) is 0.754. The molecule has 2 N–H and O–H groups in total. The first kappa shape index (κ1) is 9.92. The molecule has 78 valence electrons.